The fourth-order valence-corrected chi connectivity index (χ4v) is 8.41. The highest BCUT2D eigenvalue weighted by atomic mass is 19.2. The molecular formula is C45H59F3. The summed E-state index contributed by atoms with van der Waals surface area (Å²) in [5.41, 5.74) is 4.80. The van der Waals surface area contributed by atoms with Crippen LogP contribution in [0.5, 0.6) is 0 Å². The molecule has 0 aliphatic heterocycles. The molecule has 1 atom stereocenters. The van der Waals surface area contributed by atoms with Gasteiger partial charge in [-0.3, -0.25) is 0 Å². The fraction of sp³-hybridized carbons (Fsp3) is 0.556. The van der Waals surface area contributed by atoms with Crippen molar-refractivity contribution >= 4 is 5.57 Å². The Morgan fingerprint density at radius 1 is 0.562 bits per heavy atom. The lowest BCUT2D eigenvalue weighted by molar-refractivity contribution is 0.187. The molecule has 260 valence electrons. The van der Waals surface area contributed by atoms with Crippen LogP contribution in [0.15, 0.2) is 60.7 Å². The summed E-state index contributed by atoms with van der Waals surface area (Å²) in [6.07, 6.45) is 27.0. The van der Waals surface area contributed by atoms with E-state index in [1.54, 1.807) is 42.5 Å². The number of unbranched alkanes of at least 4 members (excludes halogenated alkanes) is 9. The van der Waals surface area contributed by atoms with E-state index in [9.17, 15) is 4.39 Å². The van der Waals surface area contributed by atoms with Crippen LogP contribution < -0.4 is 0 Å². The molecule has 1 unspecified atom stereocenters. The van der Waals surface area contributed by atoms with Gasteiger partial charge in [0, 0.05) is 11.1 Å². The third-order valence-corrected chi connectivity index (χ3v) is 11.5. The van der Waals surface area contributed by atoms with Gasteiger partial charge in [-0.15, -0.1) is 0 Å². The van der Waals surface area contributed by atoms with Gasteiger partial charge in [-0.1, -0.05) is 152 Å². The van der Waals surface area contributed by atoms with Gasteiger partial charge in [-0.2, -0.15) is 0 Å². The molecule has 3 aromatic carbocycles. The van der Waals surface area contributed by atoms with Crippen molar-refractivity contribution in [1.82, 2.24) is 0 Å². The van der Waals surface area contributed by atoms with Gasteiger partial charge in [-0.05, 0) is 96.6 Å². The summed E-state index contributed by atoms with van der Waals surface area (Å²) < 4.78 is 45.5. The van der Waals surface area contributed by atoms with Gasteiger partial charge in [0.15, 0.2) is 11.6 Å². The van der Waals surface area contributed by atoms with Crippen LogP contribution in [0.25, 0.3) is 27.8 Å². The van der Waals surface area contributed by atoms with Crippen LogP contribution in [0.1, 0.15) is 147 Å². The second-order valence-electron chi connectivity index (χ2n) is 14.9. The average Bonchev–Trinajstić information content (AvgIpc) is 3.12. The zero-order valence-corrected chi connectivity index (χ0v) is 29.8. The van der Waals surface area contributed by atoms with Gasteiger partial charge in [-0.25, -0.2) is 13.2 Å². The van der Waals surface area contributed by atoms with Gasteiger partial charge < -0.3 is 0 Å². The molecule has 0 spiro atoms. The highest BCUT2D eigenvalue weighted by Crippen LogP contribution is 2.42. The van der Waals surface area contributed by atoms with E-state index < -0.39 is 11.6 Å². The predicted octanol–water partition coefficient (Wildman–Crippen LogP) is 14.7. The molecule has 0 radical (unpaired) electrons. The van der Waals surface area contributed by atoms with Crippen molar-refractivity contribution in [1.29, 1.82) is 0 Å². The Labute approximate surface area is 289 Å². The summed E-state index contributed by atoms with van der Waals surface area (Å²) in [6.45, 7) is 4.47. The van der Waals surface area contributed by atoms with Crippen molar-refractivity contribution in [3.05, 3.63) is 89.3 Å². The number of halogens is 3. The summed E-state index contributed by atoms with van der Waals surface area (Å²) in [5, 5.41) is 0. The summed E-state index contributed by atoms with van der Waals surface area (Å²) in [7, 11) is 0. The second-order valence-corrected chi connectivity index (χ2v) is 14.9. The van der Waals surface area contributed by atoms with Crippen LogP contribution >= 0.6 is 0 Å². The van der Waals surface area contributed by atoms with Crippen molar-refractivity contribution in [3.63, 3.8) is 0 Å². The van der Waals surface area contributed by atoms with Gasteiger partial charge in [0.1, 0.15) is 5.82 Å². The summed E-state index contributed by atoms with van der Waals surface area (Å²) >= 11 is 0. The zero-order chi connectivity index (χ0) is 33.7. The fourth-order valence-electron chi connectivity index (χ4n) is 8.41. The molecule has 3 aromatic rings. The lowest BCUT2D eigenvalue weighted by Gasteiger charge is -2.35. The van der Waals surface area contributed by atoms with Crippen molar-refractivity contribution in [2.75, 3.05) is 0 Å². The number of aryl methyl sites for hydroxylation is 1. The maximum atomic E-state index is 15.5. The largest absolute Gasteiger partial charge is 0.206 e. The Balaban J connectivity index is 1.13. The van der Waals surface area contributed by atoms with E-state index in [1.807, 2.05) is 12.1 Å². The lowest BCUT2D eigenvalue weighted by atomic mass is 9.70. The molecule has 0 aromatic heterocycles. The molecule has 0 saturated heterocycles. The number of allylic oxidation sites excluding steroid dienone is 2. The minimum absolute atomic E-state index is 0.243. The van der Waals surface area contributed by atoms with Crippen molar-refractivity contribution in [3.8, 4) is 22.3 Å². The Hall–Kier alpha value is -2.81. The number of hydrogen-bond donors (Lipinski definition) is 0. The third-order valence-electron chi connectivity index (χ3n) is 11.5. The molecule has 1 fully saturated rings. The molecule has 5 rings (SSSR count). The number of hydrogen-bond acceptors (Lipinski definition) is 0. The van der Waals surface area contributed by atoms with Crippen LogP contribution in [0.4, 0.5) is 13.2 Å². The second kappa shape index (κ2) is 18.8. The smallest absolute Gasteiger partial charge is 0.166 e. The van der Waals surface area contributed by atoms with Gasteiger partial charge >= 0.3 is 0 Å². The minimum Gasteiger partial charge on any atom is -0.206 e. The Kier molecular flexibility index (Phi) is 14.3. The molecule has 2 aliphatic carbocycles. The Morgan fingerprint density at radius 2 is 1.17 bits per heavy atom. The highest BCUT2D eigenvalue weighted by molar-refractivity contribution is 5.74. The quantitative estimate of drug-likeness (QED) is 0.127. The molecule has 1 saturated carbocycles. The normalized spacial score (nSPS) is 19.8. The van der Waals surface area contributed by atoms with Crippen LogP contribution in [-0.4, -0.2) is 0 Å². The summed E-state index contributed by atoms with van der Waals surface area (Å²) in [5.74, 6) is 0.792. The minimum atomic E-state index is -0.800. The lowest BCUT2D eigenvalue weighted by Crippen LogP contribution is -2.23. The molecule has 3 heteroatoms. The molecule has 2 aliphatic rings. The van der Waals surface area contributed by atoms with E-state index in [-0.39, 0.29) is 11.4 Å². The first-order chi connectivity index (χ1) is 23.5. The summed E-state index contributed by atoms with van der Waals surface area (Å²) in [4.78, 5) is 0. The zero-order valence-electron chi connectivity index (χ0n) is 29.8. The van der Waals surface area contributed by atoms with E-state index in [4.69, 9.17) is 0 Å². The maximum absolute atomic E-state index is 15.5. The molecule has 0 nitrogen and oxygen atoms in total. The third kappa shape index (κ3) is 9.88. The first-order valence-electron chi connectivity index (χ1n) is 19.5. The van der Waals surface area contributed by atoms with Crippen LogP contribution in [0.3, 0.4) is 0 Å². The van der Waals surface area contributed by atoms with Gasteiger partial charge in [0.2, 0.25) is 0 Å². The maximum Gasteiger partial charge on any atom is 0.166 e. The average molecular weight is 657 g/mol. The van der Waals surface area contributed by atoms with Crippen molar-refractivity contribution in [2.45, 2.75) is 142 Å². The monoisotopic (exact) mass is 656 g/mol. The van der Waals surface area contributed by atoms with E-state index >= 15 is 8.78 Å². The Morgan fingerprint density at radius 3 is 1.81 bits per heavy atom. The molecule has 0 N–H and O–H groups in total. The first-order valence-corrected chi connectivity index (χ1v) is 19.5. The molecule has 0 heterocycles. The first kappa shape index (κ1) is 36.5. The molecular weight excluding hydrogens is 597 g/mol. The SMILES string of the molecule is CCCCCCCCc1ccc(-c2ccc(-c3ccc(C4=CCC(C5CCC(CCCCCCC)CC5)CC4)cc3F)cc2)c(F)c1F. The van der Waals surface area contributed by atoms with Crippen LogP contribution in [0.2, 0.25) is 0 Å². The standard InChI is InChI=1S/C45H59F3/c1-3-5-7-9-11-13-15-39-28-31-42(45(48)44(39)47)38-26-24-37(25-27-38)41-30-29-40(32-43(41)46)36-22-20-35(21-23-36)34-18-16-33(17-19-34)14-12-10-8-6-4-2/h22,24-35H,3-21,23H2,1-2H3. The number of rotatable bonds is 17. The van der Waals surface area contributed by atoms with Crippen molar-refractivity contribution in [2.24, 2.45) is 17.8 Å². The van der Waals surface area contributed by atoms with Gasteiger partial charge in [0.25, 0.3) is 0 Å². The Bertz CT molecular complexity index is 1440. The van der Waals surface area contributed by atoms with E-state index in [1.165, 1.54) is 95.5 Å². The van der Waals surface area contributed by atoms with E-state index in [0.29, 0.717) is 23.1 Å². The van der Waals surface area contributed by atoms with Crippen molar-refractivity contribution < 1.29 is 13.2 Å². The summed E-state index contributed by atoms with van der Waals surface area (Å²) in [6, 6.07) is 16.1. The van der Waals surface area contributed by atoms with Crippen LogP contribution in [0, 0.1) is 35.2 Å². The topological polar surface area (TPSA) is 0 Å². The molecule has 0 amide bonds. The van der Waals surface area contributed by atoms with Gasteiger partial charge in [0.05, 0.1) is 0 Å². The molecule has 0 bridgehead atoms. The highest BCUT2D eigenvalue weighted by Gasteiger charge is 2.29. The molecule has 48 heavy (non-hydrogen) atoms. The predicted molar refractivity (Wildman–Crippen MR) is 198 cm³/mol. The number of benzene rings is 3. The van der Waals surface area contributed by atoms with Crippen LogP contribution in [-0.2, 0) is 6.42 Å². The van der Waals surface area contributed by atoms with E-state index in [0.717, 1.165) is 61.0 Å². The van der Waals surface area contributed by atoms with E-state index in [2.05, 4.69) is 19.9 Å².